The zero-order chi connectivity index (χ0) is 15.3. The van der Waals surface area contributed by atoms with Crippen LogP contribution in [0.25, 0.3) is 0 Å². The van der Waals surface area contributed by atoms with Crippen LogP contribution in [0.15, 0.2) is 23.1 Å². The molecule has 2 N–H and O–H groups in total. The fourth-order valence-electron chi connectivity index (χ4n) is 1.72. The average Bonchev–Trinajstić information content (AvgIpc) is 2.34. The second-order valence-corrected chi connectivity index (χ2v) is 6.59. The molecule has 0 aliphatic heterocycles. The molecule has 1 atom stereocenters. The van der Waals surface area contributed by atoms with E-state index in [4.69, 9.17) is 0 Å². The lowest BCUT2D eigenvalue weighted by atomic mass is 10.1. The first kappa shape index (κ1) is 19.8. The van der Waals surface area contributed by atoms with Gasteiger partial charge in [0.05, 0.1) is 6.04 Å². The quantitative estimate of drug-likeness (QED) is 0.823. The van der Waals surface area contributed by atoms with Crippen molar-refractivity contribution in [2.75, 3.05) is 19.8 Å². The summed E-state index contributed by atoms with van der Waals surface area (Å²) in [7, 11) is -1.84. The molecule has 8 heteroatoms. The maximum Gasteiger partial charge on any atom is 0.221 e. The van der Waals surface area contributed by atoms with Crippen LogP contribution in [-0.2, 0) is 14.6 Å². The smallest absolute Gasteiger partial charge is 0.221 e. The van der Waals surface area contributed by atoms with E-state index < -0.39 is 15.7 Å². The minimum absolute atomic E-state index is 0. The summed E-state index contributed by atoms with van der Waals surface area (Å²) in [5.41, 5.74) is 0.521. The lowest BCUT2D eigenvalue weighted by Crippen LogP contribution is -2.29. The number of carbonyl (C=O) groups is 1. The minimum Gasteiger partial charge on any atom is -0.350 e. The largest absolute Gasteiger partial charge is 0.350 e. The molecule has 0 spiro atoms. The van der Waals surface area contributed by atoms with E-state index in [0.717, 1.165) is 12.3 Å². The van der Waals surface area contributed by atoms with Crippen LogP contribution < -0.4 is 10.6 Å². The van der Waals surface area contributed by atoms with Crippen LogP contribution in [-0.4, -0.2) is 34.2 Å². The first-order valence-electron chi connectivity index (χ1n) is 6.19. The van der Waals surface area contributed by atoms with Gasteiger partial charge in [0.2, 0.25) is 5.91 Å². The highest BCUT2D eigenvalue weighted by molar-refractivity contribution is 7.90. The third-order valence-electron chi connectivity index (χ3n) is 2.83. The Morgan fingerprint density at radius 1 is 1.38 bits per heavy atom. The Balaban J connectivity index is 0.00000400. The first-order valence-corrected chi connectivity index (χ1v) is 8.08. The molecule has 1 aromatic carbocycles. The third kappa shape index (κ3) is 5.99. The summed E-state index contributed by atoms with van der Waals surface area (Å²) >= 11 is 0. The maximum atomic E-state index is 13.7. The van der Waals surface area contributed by atoms with Gasteiger partial charge in [-0.25, -0.2) is 12.8 Å². The highest BCUT2D eigenvalue weighted by atomic mass is 35.5. The Morgan fingerprint density at radius 3 is 2.48 bits per heavy atom. The Kier molecular flexibility index (Phi) is 7.84. The number of rotatable bonds is 6. The summed E-state index contributed by atoms with van der Waals surface area (Å²) < 4.78 is 36.4. The van der Waals surface area contributed by atoms with Gasteiger partial charge in [0, 0.05) is 19.2 Å². The molecule has 21 heavy (non-hydrogen) atoms. The van der Waals surface area contributed by atoms with Crippen molar-refractivity contribution in [2.45, 2.75) is 24.3 Å². The standard InChI is InChI=1S/C13H19FN2O3S.ClH/c1-9(16-13(17)6-7-15-2)10-4-5-12(11(14)8-10)20(3,18)19;/h4-5,8-9,15H,6-7H2,1-3H3,(H,16,17);1H. The van der Waals surface area contributed by atoms with E-state index in [1.54, 1.807) is 14.0 Å². The molecular weight excluding hydrogens is 319 g/mol. The monoisotopic (exact) mass is 338 g/mol. The number of benzene rings is 1. The molecule has 0 fully saturated rings. The molecule has 1 unspecified atom stereocenters. The van der Waals surface area contributed by atoms with Crippen LogP contribution in [0.3, 0.4) is 0 Å². The second kappa shape index (κ2) is 8.31. The zero-order valence-corrected chi connectivity index (χ0v) is 13.8. The SMILES string of the molecule is CNCCC(=O)NC(C)c1ccc(S(C)(=O)=O)c(F)c1.Cl. The van der Waals surface area contributed by atoms with Crippen LogP contribution in [0.4, 0.5) is 4.39 Å². The van der Waals surface area contributed by atoms with Gasteiger partial charge in [0.1, 0.15) is 10.7 Å². The summed E-state index contributed by atoms with van der Waals surface area (Å²) in [4.78, 5) is 11.2. The third-order valence-corrected chi connectivity index (χ3v) is 3.96. The van der Waals surface area contributed by atoms with Crippen molar-refractivity contribution >= 4 is 28.2 Å². The molecule has 0 heterocycles. The molecule has 0 saturated carbocycles. The molecule has 5 nitrogen and oxygen atoms in total. The van der Waals surface area contributed by atoms with Crippen molar-refractivity contribution in [2.24, 2.45) is 0 Å². The molecule has 0 aliphatic carbocycles. The number of nitrogens with one attached hydrogen (secondary N) is 2. The average molecular weight is 339 g/mol. The summed E-state index contributed by atoms with van der Waals surface area (Å²) in [6.07, 6.45) is 1.28. The van der Waals surface area contributed by atoms with Crippen LogP contribution in [0.5, 0.6) is 0 Å². The van der Waals surface area contributed by atoms with Gasteiger partial charge in [-0.1, -0.05) is 6.07 Å². The topological polar surface area (TPSA) is 75.3 Å². The molecule has 1 aromatic rings. The summed E-state index contributed by atoms with van der Waals surface area (Å²) in [6.45, 7) is 2.27. The summed E-state index contributed by atoms with van der Waals surface area (Å²) in [5.74, 6) is -0.958. The molecular formula is C13H20ClFN2O3S. The second-order valence-electron chi connectivity index (χ2n) is 4.60. The summed E-state index contributed by atoms with van der Waals surface area (Å²) in [6, 6.07) is 3.47. The number of hydrogen-bond acceptors (Lipinski definition) is 4. The molecule has 0 radical (unpaired) electrons. The Hall–Kier alpha value is -1.18. The lowest BCUT2D eigenvalue weighted by Gasteiger charge is -2.15. The van der Waals surface area contributed by atoms with Crippen LogP contribution in [0.2, 0.25) is 0 Å². The van der Waals surface area contributed by atoms with Gasteiger partial charge in [-0.05, 0) is 31.7 Å². The van der Waals surface area contributed by atoms with E-state index in [1.807, 2.05) is 0 Å². The van der Waals surface area contributed by atoms with Gasteiger partial charge in [-0.15, -0.1) is 12.4 Å². The van der Waals surface area contributed by atoms with Gasteiger partial charge < -0.3 is 10.6 Å². The van der Waals surface area contributed by atoms with Gasteiger partial charge in [-0.2, -0.15) is 0 Å². The number of carbonyl (C=O) groups excluding carboxylic acids is 1. The van der Waals surface area contributed by atoms with E-state index in [9.17, 15) is 17.6 Å². The minimum atomic E-state index is -3.58. The Labute approximate surface area is 130 Å². The van der Waals surface area contributed by atoms with Crippen molar-refractivity contribution in [1.29, 1.82) is 0 Å². The van der Waals surface area contributed by atoms with E-state index in [-0.39, 0.29) is 29.3 Å². The van der Waals surface area contributed by atoms with Crippen molar-refractivity contribution in [3.63, 3.8) is 0 Å². The highest BCUT2D eigenvalue weighted by Crippen LogP contribution is 2.20. The molecule has 1 amide bonds. The number of sulfone groups is 1. The highest BCUT2D eigenvalue weighted by Gasteiger charge is 2.16. The van der Waals surface area contributed by atoms with Gasteiger partial charge >= 0.3 is 0 Å². The van der Waals surface area contributed by atoms with Crippen molar-refractivity contribution < 1.29 is 17.6 Å². The molecule has 1 rings (SSSR count). The van der Waals surface area contributed by atoms with Crippen molar-refractivity contribution in [3.8, 4) is 0 Å². The first-order chi connectivity index (χ1) is 9.25. The van der Waals surface area contributed by atoms with Gasteiger partial charge in [0.25, 0.3) is 0 Å². The predicted octanol–water partition coefficient (Wildman–Crippen LogP) is 1.44. The van der Waals surface area contributed by atoms with Crippen LogP contribution in [0, 0.1) is 5.82 Å². The molecule has 0 aromatic heterocycles. The van der Waals surface area contributed by atoms with Crippen LogP contribution >= 0.6 is 12.4 Å². The molecule has 0 saturated heterocycles. The molecule has 0 aliphatic rings. The fourth-order valence-corrected chi connectivity index (χ4v) is 2.45. The lowest BCUT2D eigenvalue weighted by molar-refractivity contribution is -0.121. The zero-order valence-electron chi connectivity index (χ0n) is 12.1. The number of hydrogen-bond donors (Lipinski definition) is 2. The molecule has 0 bridgehead atoms. The Morgan fingerprint density at radius 2 is 2.00 bits per heavy atom. The van der Waals surface area contributed by atoms with E-state index in [1.165, 1.54) is 12.1 Å². The normalized spacial score (nSPS) is 12.4. The summed E-state index contributed by atoms with van der Waals surface area (Å²) in [5, 5.41) is 5.58. The van der Waals surface area contributed by atoms with Crippen molar-refractivity contribution in [3.05, 3.63) is 29.6 Å². The predicted molar refractivity (Wildman–Crippen MR) is 81.9 cm³/mol. The van der Waals surface area contributed by atoms with Crippen LogP contribution in [0.1, 0.15) is 24.9 Å². The number of halogens is 2. The van der Waals surface area contributed by atoms with Crippen molar-refractivity contribution in [1.82, 2.24) is 10.6 Å². The van der Waals surface area contributed by atoms with E-state index in [2.05, 4.69) is 10.6 Å². The van der Waals surface area contributed by atoms with E-state index >= 15 is 0 Å². The fraction of sp³-hybridized carbons (Fsp3) is 0.462. The molecule has 120 valence electrons. The number of amides is 1. The van der Waals surface area contributed by atoms with E-state index in [0.29, 0.717) is 18.5 Å². The Bertz CT molecular complexity index is 593. The maximum absolute atomic E-state index is 13.7. The van der Waals surface area contributed by atoms with Gasteiger partial charge in [-0.3, -0.25) is 4.79 Å². The van der Waals surface area contributed by atoms with Gasteiger partial charge in [0.15, 0.2) is 9.84 Å².